The molecule has 4 aliphatic rings. The Kier molecular flexibility index (Phi) is 21.9. The number of carbonyl (C=O) groups excluding carboxylic acids is 1. The minimum absolute atomic E-state index is 0.0781. The van der Waals surface area contributed by atoms with E-state index < -0.39 is 11.6 Å². The van der Waals surface area contributed by atoms with E-state index in [2.05, 4.69) is 68.6 Å². The molecule has 3 aromatic rings. The van der Waals surface area contributed by atoms with E-state index in [0.29, 0.717) is 136 Å². The van der Waals surface area contributed by atoms with Crippen molar-refractivity contribution in [3.05, 3.63) is 124 Å². The second-order valence-electron chi connectivity index (χ2n) is 17.6. The number of fused-ring (bicyclic) bond motifs is 20. The van der Waals surface area contributed by atoms with Crippen molar-refractivity contribution in [2.45, 2.75) is 39.2 Å². The number of aryl methyl sites for hydroxylation is 2. The van der Waals surface area contributed by atoms with Crippen LogP contribution in [0, 0.1) is 43.1 Å². The molecule has 0 amide bonds. The Morgan fingerprint density at radius 3 is 1.78 bits per heavy atom. The minimum atomic E-state index is -1.13. The fourth-order valence-corrected chi connectivity index (χ4v) is 8.56. The first-order chi connectivity index (χ1) is 35.6. The Bertz CT molecular complexity index is 2440. The maximum atomic E-state index is 11.8. The van der Waals surface area contributed by atoms with Crippen LogP contribution in [0.2, 0.25) is 0 Å². The van der Waals surface area contributed by atoms with Gasteiger partial charge in [-0.05, 0) is 86.7 Å². The molecule has 17 heteroatoms. The highest BCUT2D eigenvalue weighted by Crippen LogP contribution is 2.44. The molecule has 4 aliphatic heterocycles. The highest BCUT2D eigenvalue weighted by atomic mass is 16.5. The summed E-state index contributed by atoms with van der Waals surface area (Å²) in [4.78, 5) is 21.8. The van der Waals surface area contributed by atoms with Gasteiger partial charge in [0.2, 0.25) is 0 Å². The van der Waals surface area contributed by atoms with Gasteiger partial charge < -0.3 is 62.1 Å². The normalized spacial score (nSPS) is 19.4. The summed E-state index contributed by atoms with van der Waals surface area (Å²) in [5.41, 5.74) is 4.60. The van der Waals surface area contributed by atoms with Crippen LogP contribution in [-0.2, 0) is 38.0 Å². The maximum absolute atomic E-state index is 11.8. The van der Waals surface area contributed by atoms with Crippen molar-refractivity contribution in [3.8, 4) is 29.4 Å². The summed E-state index contributed by atoms with van der Waals surface area (Å²) in [6, 6.07) is 22.4. The van der Waals surface area contributed by atoms with Gasteiger partial charge in [0.05, 0.1) is 114 Å². The second kappa shape index (κ2) is 28.9. The fourth-order valence-electron chi connectivity index (χ4n) is 8.56. The molecule has 1 saturated heterocycles. The summed E-state index contributed by atoms with van der Waals surface area (Å²) < 4.78 is 61.3. The molecular weight excluding hydrogens is 933 g/mol. The number of ether oxygens (including phenoxy) is 10. The van der Waals surface area contributed by atoms with E-state index >= 15 is 0 Å². The van der Waals surface area contributed by atoms with Crippen LogP contribution in [0.15, 0.2) is 95.9 Å². The van der Waals surface area contributed by atoms with Crippen LogP contribution in [-0.4, -0.2) is 144 Å². The van der Waals surface area contributed by atoms with Crippen molar-refractivity contribution in [1.29, 1.82) is 10.5 Å². The molecule has 0 spiro atoms. The summed E-state index contributed by atoms with van der Waals surface area (Å²) in [5, 5.41) is 20.2. The summed E-state index contributed by atoms with van der Waals surface area (Å²) in [5.74, 6) is 1.41. The SMILES string of the molecule is [C-]#[N+]/C(C#N)=C1\OC(C)(CCCOC(=O)C=C)C(/C=C/c2ccc(N3CCOc4cc(C)ccc4N4CCOCCOCCN(CCOCCOCC4)c4ccc(C)cc4OCC3)c(OCCOC)c2)=C1C#N. The summed E-state index contributed by atoms with van der Waals surface area (Å²) in [7, 11) is 1.62. The molecule has 0 aromatic heterocycles. The number of methoxy groups -OCH3 is 1. The molecule has 0 N–H and O–H groups in total. The molecule has 388 valence electrons. The van der Waals surface area contributed by atoms with Gasteiger partial charge in [0.15, 0.2) is 5.76 Å². The maximum Gasteiger partial charge on any atom is 0.330 e. The molecule has 1 unspecified atom stereocenters. The minimum Gasteiger partial charge on any atom is -0.492 e. The molecule has 0 aliphatic carbocycles. The smallest absolute Gasteiger partial charge is 0.330 e. The van der Waals surface area contributed by atoms with Gasteiger partial charge in [0.1, 0.15) is 48.7 Å². The zero-order chi connectivity index (χ0) is 51.8. The number of hydrogen-bond acceptors (Lipinski definition) is 16. The molecule has 1 fully saturated rings. The molecule has 7 rings (SSSR count). The first kappa shape index (κ1) is 55.3. The summed E-state index contributed by atoms with van der Waals surface area (Å²) >= 11 is 0. The number of nitriles is 2. The zero-order valence-corrected chi connectivity index (χ0v) is 42.7. The van der Waals surface area contributed by atoms with Crippen LogP contribution in [0.5, 0.6) is 17.2 Å². The van der Waals surface area contributed by atoms with Crippen LogP contribution in [0.1, 0.15) is 36.5 Å². The average Bonchev–Trinajstić information content (AvgIpc) is 3.67. The number of anilines is 3. The first-order valence-corrected chi connectivity index (χ1v) is 24.7. The Balaban J connectivity index is 1.38. The van der Waals surface area contributed by atoms with Gasteiger partial charge in [-0.15, -0.1) is 0 Å². The number of esters is 1. The lowest BCUT2D eigenvalue weighted by atomic mass is 9.88. The molecule has 0 radical (unpaired) electrons. The van der Waals surface area contributed by atoms with Crippen molar-refractivity contribution >= 4 is 29.1 Å². The standard InChI is InChI=1S/C56H68N6O11/c1-7-54(63)72-24-8-17-56(4)46(45(40-57)55(73-56)47(41-58)59-5)13-11-44-12-16-50(53(39-44)71-36-31-64-6)62-22-29-69-51-37-42(2)9-14-48(51)60-18-25-65-32-34-67-27-20-61(21-28-68-35-33-66-26-19-60)49-15-10-43(3)38-52(49)70-30-23-62/h7,9-16,37-39H,1,8,17-36H2,2-4,6H3/b13-11+,55-47-. The summed E-state index contributed by atoms with van der Waals surface area (Å²) in [6.45, 7) is 25.4. The van der Waals surface area contributed by atoms with Crippen molar-refractivity contribution < 1.29 is 52.2 Å². The van der Waals surface area contributed by atoms with E-state index in [1.807, 2.05) is 44.2 Å². The van der Waals surface area contributed by atoms with E-state index in [0.717, 1.165) is 51.3 Å². The van der Waals surface area contributed by atoms with E-state index in [1.54, 1.807) is 20.1 Å². The van der Waals surface area contributed by atoms with Crippen molar-refractivity contribution in [1.82, 2.24) is 0 Å². The number of allylic oxidation sites excluding steroid dienone is 2. The largest absolute Gasteiger partial charge is 0.492 e. The lowest BCUT2D eigenvalue weighted by molar-refractivity contribution is -0.138. The lowest BCUT2D eigenvalue weighted by Gasteiger charge is -2.30. The Morgan fingerprint density at radius 1 is 0.740 bits per heavy atom. The Labute approximate surface area is 430 Å². The Hall–Kier alpha value is -7.04. The molecule has 2 bridgehead atoms. The van der Waals surface area contributed by atoms with Crippen LogP contribution in [0.25, 0.3) is 10.9 Å². The third-order valence-electron chi connectivity index (χ3n) is 12.4. The average molecular weight is 1000 g/mol. The van der Waals surface area contributed by atoms with Gasteiger partial charge in [-0.3, -0.25) is 0 Å². The highest BCUT2D eigenvalue weighted by Gasteiger charge is 2.42. The number of nitrogens with zero attached hydrogens (tertiary/aromatic N) is 6. The fraction of sp³-hybridized carbons (Fsp3) is 0.464. The number of benzene rings is 3. The molecule has 73 heavy (non-hydrogen) atoms. The Morgan fingerprint density at radius 2 is 1.27 bits per heavy atom. The predicted molar refractivity (Wildman–Crippen MR) is 278 cm³/mol. The quantitative estimate of drug-likeness (QED) is 0.0430. The zero-order valence-electron chi connectivity index (χ0n) is 42.7. The van der Waals surface area contributed by atoms with Crippen molar-refractivity contribution in [3.63, 3.8) is 0 Å². The van der Waals surface area contributed by atoms with Crippen LogP contribution in [0.3, 0.4) is 0 Å². The lowest BCUT2D eigenvalue weighted by Crippen LogP contribution is -2.34. The van der Waals surface area contributed by atoms with Gasteiger partial charge in [-0.2, -0.15) is 5.26 Å². The molecule has 0 saturated carbocycles. The van der Waals surface area contributed by atoms with Gasteiger partial charge in [-0.1, -0.05) is 36.9 Å². The van der Waals surface area contributed by atoms with E-state index in [9.17, 15) is 15.3 Å². The number of hydrogen-bond donors (Lipinski definition) is 0. The van der Waals surface area contributed by atoms with Gasteiger partial charge in [-0.25, -0.2) is 14.9 Å². The van der Waals surface area contributed by atoms with Gasteiger partial charge in [0, 0.05) is 44.9 Å². The van der Waals surface area contributed by atoms with E-state index in [4.69, 9.17) is 53.9 Å². The van der Waals surface area contributed by atoms with Crippen molar-refractivity contribution in [2.75, 3.05) is 147 Å². The summed E-state index contributed by atoms with van der Waals surface area (Å²) in [6.07, 6.45) is 5.37. The topological polar surface area (TPSA) is 171 Å². The molecular formula is C56H68N6O11. The number of carbonyl (C=O) groups is 1. The van der Waals surface area contributed by atoms with E-state index in [1.165, 1.54) is 0 Å². The van der Waals surface area contributed by atoms with Gasteiger partial charge >= 0.3 is 11.7 Å². The molecule has 3 aromatic carbocycles. The first-order valence-electron chi connectivity index (χ1n) is 24.7. The monoisotopic (exact) mass is 1000 g/mol. The molecule has 1 atom stereocenters. The third-order valence-corrected chi connectivity index (χ3v) is 12.4. The van der Waals surface area contributed by atoms with Crippen LogP contribution < -0.4 is 28.9 Å². The highest BCUT2D eigenvalue weighted by molar-refractivity contribution is 5.81. The number of rotatable bonds is 12. The van der Waals surface area contributed by atoms with Crippen molar-refractivity contribution in [2.24, 2.45) is 0 Å². The predicted octanol–water partition coefficient (Wildman–Crippen LogP) is 7.79. The van der Waals surface area contributed by atoms with Crippen LogP contribution in [0.4, 0.5) is 17.1 Å². The van der Waals surface area contributed by atoms with Crippen LogP contribution >= 0.6 is 0 Å². The van der Waals surface area contributed by atoms with Gasteiger partial charge in [0.25, 0.3) is 0 Å². The van der Waals surface area contributed by atoms with E-state index in [-0.39, 0.29) is 30.2 Å². The second-order valence-corrected chi connectivity index (χ2v) is 17.6. The third kappa shape index (κ3) is 16.0. The molecule has 4 heterocycles. The molecule has 17 nitrogen and oxygen atoms in total.